The van der Waals surface area contributed by atoms with Gasteiger partial charge in [0.15, 0.2) is 5.96 Å². The third-order valence-electron chi connectivity index (χ3n) is 4.74. The van der Waals surface area contributed by atoms with E-state index < -0.39 is 0 Å². The molecule has 1 aliphatic heterocycles. The second-order valence-corrected chi connectivity index (χ2v) is 8.52. The fourth-order valence-electron chi connectivity index (χ4n) is 3.38. The Morgan fingerprint density at radius 1 is 1.23 bits per heavy atom. The average Bonchev–Trinajstić information content (AvgIpc) is 2.83. The van der Waals surface area contributed by atoms with Crippen molar-refractivity contribution in [2.45, 2.75) is 66.0 Å². The second-order valence-electron chi connectivity index (χ2n) is 7.20. The number of aryl methyl sites for hydroxylation is 1. The first kappa shape index (κ1) is 23.6. The normalized spacial score (nSPS) is 17.5. The van der Waals surface area contributed by atoms with Crippen molar-refractivity contribution >= 4 is 41.3 Å². The molecule has 1 aromatic heterocycles. The first-order chi connectivity index (χ1) is 12.1. The summed E-state index contributed by atoms with van der Waals surface area (Å²) in [6.45, 7) is 13.8. The summed E-state index contributed by atoms with van der Waals surface area (Å²) in [7, 11) is 0. The highest BCUT2D eigenvalue weighted by Crippen LogP contribution is 2.17. The fraction of sp³-hybridized carbons (Fsp3) is 0.789. The quantitative estimate of drug-likeness (QED) is 0.342. The predicted octanol–water partition coefficient (Wildman–Crippen LogP) is 4.03. The Bertz CT molecular complexity index is 524. The molecule has 1 aliphatic rings. The van der Waals surface area contributed by atoms with Crippen molar-refractivity contribution in [2.75, 3.05) is 26.2 Å². The average molecular weight is 494 g/mol. The second kappa shape index (κ2) is 12.9. The number of nitrogens with one attached hydrogen (secondary N) is 2. The first-order valence-corrected chi connectivity index (χ1v) is 10.6. The molecule has 2 heterocycles. The number of thiazole rings is 1. The van der Waals surface area contributed by atoms with Crippen molar-refractivity contribution in [2.24, 2.45) is 10.9 Å². The summed E-state index contributed by atoms with van der Waals surface area (Å²) < 4.78 is 0. The van der Waals surface area contributed by atoms with E-state index >= 15 is 0 Å². The molecule has 2 N–H and O–H groups in total. The van der Waals surface area contributed by atoms with Gasteiger partial charge in [-0.15, -0.1) is 35.3 Å². The van der Waals surface area contributed by atoms with Gasteiger partial charge in [-0.1, -0.05) is 26.7 Å². The van der Waals surface area contributed by atoms with Crippen LogP contribution in [0.4, 0.5) is 0 Å². The summed E-state index contributed by atoms with van der Waals surface area (Å²) in [5, 5.41) is 8.01. The maximum absolute atomic E-state index is 4.72. The lowest BCUT2D eigenvalue weighted by molar-refractivity contribution is 0.161. The van der Waals surface area contributed by atoms with Crippen LogP contribution in [0.25, 0.3) is 0 Å². The molecule has 1 aromatic rings. The lowest BCUT2D eigenvalue weighted by atomic mass is 10.0. The molecule has 0 radical (unpaired) electrons. The van der Waals surface area contributed by atoms with Gasteiger partial charge in [-0.2, -0.15) is 0 Å². The van der Waals surface area contributed by atoms with E-state index in [1.807, 2.05) is 6.20 Å². The van der Waals surface area contributed by atoms with Crippen molar-refractivity contribution in [1.82, 2.24) is 20.5 Å². The summed E-state index contributed by atoms with van der Waals surface area (Å²) >= 11 is 1.72. The van der Waals surface area contributed by atoms with E-state index in [9.17, 15) is 0 Å². The topological polar surface area (TPSA) is 52.6 Å². The number of hydrogen-bond acceptors (Lipinski definition) is 4. The Morgan fingerprint density at radius 3 is 2.46 bits per heavy atom. The molecule has 26 heavy (non-hydrogen) atoms. The molecule has 7 heteroatoms. The molecule has 1 unspecified atom stereocenters. The van der Waals surface area contributed by atoms with Crippen molar-refractivity contribution in [3.63, 3.8) is 0 Å². The van der Waals surface area contributed by atoms with Gasteiger partial charge in [0.25, 0.3) is 0 Å². The molecular weight excluding hydrogens is 457 g/mol. The monoisotopic (exact) mass is 493 g/mol. The highest BCUT2D eigenvalue weighted by molar-refractivity contribution is 14.0. The third-order valence-corrected chi connectivity index (χ3v) is 5.64. The van der Waals surface area contributed by atoms with E-state index in [1.165, 1.54) is 43.6 Å². The van der Waals surface area contributed by atoms with Crippen LogP contribution in [0, 0.1) is 12.8 Å². The number of aromatic nitrogens is 1. The summed E-state index contributed by atoms with van der Waals surface area (Å²) in [5.41, 5.74) is 0. The van der Waals surface area contributed by atoms with E-state index in [4.69, 9.17) is 4.99 Å². The van der Waals surface area contributed by atoms with Gasteiger partial charge in [0, 0.05) is 30.2 Å². The number of aliphatic imine (C=N–C) groups is 1. The van der Waals surface area contributed by atoms with Crippen molar-refractivity contribution in [3.8, 4) is 0 Å². The van der Waals surface area contributed by atoms with Crippen LogP contribution in [0.1, 0.15) is 56.3 Å². The van der Waals surface area contributed by atoms with Crippen LogP contribution in [0.2, 0.25) is 0 Å². The minimum atomic E-state index is 0. The van der Waals surface area contributed by atoms with E-state index in [0.29, 0.717) is 18.5 Å². The zero-order valence-corrected chi connectivity index (χ0v) is 19.9. The Labute approximate surface area is 180 Å². The lowest BCUT2D eigenvalue weighted by Crippen LogP contribution is -2.49. The molecule has 0 saturated carbocycles. The van der Waals surface area contributed by atoms with Gasteiger partial charge in [0.1, 0.15) is 5.01 Å². The van der Waals surface area contributed by atoms with Crippen LogP contribution < -0.4 is 10.6 Å². The molecule has 1 atom stereocenters. The molecule has 5 nitrogen and oxygen atoms in total. The Hall–Kier alpha value is -0.410. The van der Waals surface area contributed by atoms with Gasteiger partial charge in [0.05, 0.1) is 6.54 Å². The number of halogens is 1. The van der Waals surface area contributed by atoms with Gasteiger partial charge >= 0.3 is 0 Å². The standard InChI is InChI=1S/C19H35N5S.HI/c1-5-20-19(23-14-18-21-12-16(4)25-18)22-13-17(15(2)3)24-10-8-6-7-9-11-24;/h12,15,17H,5-11,13-14H2,1-4H3,(H2,20,22,23);1H. The molecule has 0 bridgehead atoms. The lowest BCUT2D eigenvalue weighted by Gasteiger charge is -2.34. The highest BCUT2D eigenvalue weighted by Gasteiger charge is 2.22. The van der Waals surface area contributed by atoms with Crippen LogP contribution in [0.3, 0.4) is 0 Å². The van der Waals surface area contributed by atoms with Gasteiger partial charge in [-0.25, -0.2) is 9.98 Å². The zero-order valence-electron chi connectivity index (χ0n) is 16.8. The summed E-state index contributed by atoms with van der Waals surface area (Å²) in [6.07, 6.45) is 7.35. The smallest absolute Gasteiger partial charge is 0.191 e. The molecule has 0 aromatic carbocycles. The van der Waals surface area contributed by atoms with E-state index in [1.54, 1.807) is 11.3 Å². The predicted molar refractivity (Wildman–Crippen MR) is 124 cm³/mol. The summed E-state index contributed by atoms with van der Waals surface area (Å²) in [4.78, 5) is 13.0. The van der Waals surface area contributed by atoms with E-state index in [-0.39, 0.29) is 24.0 Å². The number of rotatable bonds is 7. The minimum absolute atomic E-state index is 0. The number of guanidine groups is 1. The molecule has 0 amide bonds. The first-order valence-electron chi connectivity index (χ1n) is 9.77. The summed E-state index contributed by atoms with van der Waals surface area (Å²) in [5.74, 6) is 1.53. The van der Waals surface area contributed by atoms with Crippen molar-refractivity contribution in [1.29, 1.82) is 0 Å². The molecule has 0 spiro atoms. The largest absolute Gasteiger partial charge is 0.357 e. The van der Waals surface area contributed by atoms with Gasteiger partial charge < -0.3 is 10.6 Å². The molecular formula is C19H36IN5S. The number of hydrogen-bond donors (Lipinski definition) is 2. The molecule has 1 fully saturated rings. The van der Waals surface area contributed by atoms with Crippen LogP contribution in [0.5, 0.6) is 0 Å². The molecule has 0 aliphatic carbocycles. The van der Waals surface area contributed by atoms with Crippen molar-refractivity contribution in [3.05, 3.63) is 16.1 Å². The Morgan fingerprint density at radius 2 is 1.92 bits per heavy atom. The maximum Gasteiger partial charge on any atom is 0.191 e. The van der Waals surface area contributed by atoms with Crippen LogP contribution in [-0.2, 0) is 6.54 Å². The van der Waals surface area contributed by atoms with Gasteiger partial charge in [-0.05, 0) is 45.7 Å². The van der Waals surface area contributed by atoms with Crippen molar-refractivity contribution < 1.29 is 0 Å². The highest BCUT2D eigenvalue weighted by atomic mass is 127. The zero-order chi connectivity index (χ0) is 18.1. The number of likely N-dealkylation sites (tertiary alicyclic amines) is 1. The molecule has 2 rings (SSSR count). The minimum Gasteiger partial charge on any atom is -0.357 e. The molecule has 150 valence electrons. The molecule has 1 saturated heterocycles. The Kier molecular flexibility index (Phi) is 11.7. The summed E-state index contributed by atoms with van der Waals surface area (Å²) in [6, 6.07) is 0.559. The van der Waals surface area contributed by atoms with Crippen LogP contribution in [0.15, 0.2) is 11.2 Å². The van der Waals surface area contributed by atoms with Gasteiger partial charge in [-0.3, -0.25) is 4.90 Å². The number of nitrogens with zero attached hydrogens (tertiary/aromatic N) is 3. The maximum atomic E-state index is 4.72. The fourth-order valence-corrected chi connectivity index (χ4v) is 4.09. The van der Waals surface area contributed by atoms with Crippen LogP contribution in [-0.4, -0.2) is 48.1 Å². The van der Waals surface area contributed by atoms with Crippen LogP contribution >= 0.6 is 35.3 Å². The van der Waals surface area contributed by atoms with E-state index in [2.05, 4.69) is 48.2 Å². The third kappa shape index (κ3) is 8.08. The van der Waals surface area contributed by atoms with E-state index in [0.717, 1.165) is 24.1 Å². The Balaban J connectivity index is 0.00000338. The SMILES string of the molecule is CCNC(=NCc1ncc(C)s1)NCC(C(C)C)N1CCCCCC1.I. The van der Waals surface area contributed by atoms with Gasteiger partial charge in [0.2, 0.25) is 0 Å².